The molecule has 11 aromatic rings. The molecule has 278 valence electrons. The van der Waals surface area contributed by atoms with Crippen molar-refractivity contribution in [3.8, 4) is 11.3 Å². The molecule has 0 aliphatic carbocycles. The van der Waals surface area contributed by atoms with Gasteiger partial charge in [0.25, 0.3) is 0 Å². The largest absolute Gasteiger partial charge is 0.456 e. The first kappa shape index (κ1) is 33.0. The van der Waals surface area contributed by atoms with Crippen molar-refractivity contribution in [3.05, 3.63) is 182 Å². The van der Waals surface area contributed by atoms with E-state index in [0.717, 1.165) is 100 Å². The fourth-order valence-corrected chi connectivity index (χ4v) is 11.8. The Hall–Kier alpha value is -7.15. The third-order valence-corrected chi connectivity index (χ3v) is 14.6. The van der Waals surface area contributed by atoms with Crippen molar-refractivity contribution in [2.75, 3.05) is 22.3 Å². The molecular weight excluding hydrogens is 733 g/mol. The van der Waals surface area contributed by atoms with Gasteiger partial charge in [0.2, 0.25) is 0 Å². The number of para-hydroxylation sites is 4. The zero-order chi connectivity index (χ0) is 38.5. The molecular formula is C52H36N2O3S. The van der Waals surface area contributed by atoms with E-state index in [1.54, 1.807) is 0 Å². The lowest BCUT2D eigenvalue weighted by atomic mass is 10.1. The maximum Gasteiger partial charge on any atom is 0.148 e. The van der Waals surface area contributed by atoms with Crippen LogP contribution in [-0.2, 0) is 0 Å². The van der Waals surface area contributed by atoms with Gasteiger partial charge in [-0.3, -0.25) is 0 Å². The van der Waals surface area contributed by atoms with Crippen molar-refractivity contribution in [2.45, 2.75) is 9.79 Å². The monoisotopic (exact) mass is 768 g/mol. The summed E-state index contributed by atoms with van der Waals surface area (Å²) in [5.74, 6) is 0.957. The smallest absolute Gasteiger partial charge is 0.148 e. The van der Waals surface area contributed by atoms with Crippen LogP contribution in [-0.4, -0.2) is 12.5 Å². The SMILES string of the molecule is CS1(C)c2ccc(N(c3ccccc3)c3cccc4oc5ccccc5c34)cc2-c2oc3cc(N(c4ccccc4)c4cccc5oc6ccccc6c45)ccc3c21. The van der Waals surface area contributed by atoms with Crippen molar-refractivity contribution < 1.29 is 13.3 Å². The third kappa shape index (κ3) is 4.79. The summed E-state index contributed by atoms with van der Waals surface area (Å²) in [5, 5.41) is 5.51. The first-order valence-electron chi connectivity index (χ1n) is 19.5. The zero-order valence-electron chi connectivity index (χ0n) is 31.8. The number of furan rings is 3. The minimum absolute atomic E-state index is 0.859. The summed E-state index contributed by atoms with van der Waals surface area (Å²) in [5.41, 5.74) is 11.8. The Kier molecular flexibility index (Phi) is 7.08. The highest BCUT2D eigenvalue weighted by molar-refractivity contribution is 8.33. The van der Waals surface area contributed by atoms with Crippen LogP contribution >= 0.6 is 10.0 Å². The highest BCUT2D eigenvalue weighted by Crippen LogP contribution is 2.70. The number of hydrogen-bond acceptors (Lipinski definition) is 5. The summed E-state index contributed by atoms with van der Waals surface area (Å²) in [6, 6.07) is 64.0. The van der Waals surface area contributed by atoms with Crippen LogP contribution in [0.3, 0.4) is 0 Å². The molecule has 8 aromatic carbocycles. The van der Waals surface area contributed by atoms with Crippen LogP contribution in [0.2, 0.25) is 0 Å². The van der Waals surface area contributed by atoms with Gasteiger partial charge in [-0.1, -0.05) is 84.9 Å². The molecule has 0 atom stereocenters. The molecule has 5 nitrogen and oxygen atoms in total. The summed E-state index contributed by atoms with van der Waals surface area (Å²) in [6.07, 6.45) is 4.79. The van der Waals surface area contributed by atoms with Gasteiger partial charge < -0.3 is 23.1 Å². The molecule has 0 saturated carbocycles. The molecule has 0 spiro atoms. The molecule has 0 N–H and O–H groups in total. The molecule has 0 radical (unpaired) electrons. The molecule has 0 amide bonds. The molecule has 6 heteroatoms. The topological polar surface area (TPSA) is 45.9 Å². The lowest BCUT2D eigenvalue weighted by molar-refractivity contribution is 0.625. The first-order valence-corrected chi connectivity index (χ1v) is 21.9. The highest BCUT2D eigenvalue weighted by Gasteiger charge is 2.38. The summed E-state index contributed by atoms with van der Waals surface area (Å²) in [4.78, 5) is 7.30. The van der Waals surface area contributed by atoms with E-state index in [-0.39, 0.29) is 0 Å². The number of rotatable bonds is 6. The molecule has 1 aliphatic rings. The maximum atomic E-state index is 7.08. The predicted octanol–water partition coefficient (Wildman–Crippen LogP) is 15.6. The molecule has 1 aliphatic heterocycles. The van der Waals surface area contributed by atoms with Gasteiger partial charge in [0, 0.05) is 60.3 Å². The maximum absolute atomic E-state index is 7.08. The Morgan fingerprint density at radius 1 is 0.379 bits per heavy atom. The van der Waals surface area contributed by atoms with Crippen molar-refractivity contribution in [1.29, 1.82) is 0 Å². The van der Waals surface area contributed by atoms with Crippen LogP contribution < -0.4 is 9.80 Å². The van der Waals surface area contributed by atoms with Gasteiger partial charge in [-0.15, -0.1) is 0 Å². The van der Waals surface area contributed by atoms with E-state index in [1.165, 1.54) is 9.79 Å². The quantitative estimate of drug-likeness (QED) is 0.169. The molecule has 12 rings (SSSR count). The first-order chi connectivity index (χ1) is 28.5. The van der Waals surface area contributed by atoms with Crippen LogP contribution in [0.4, 0.5) is 34.1 Å². The van der Waals surface area contributed by atoms with Crippen LogP contribution in [0.25, 0.3) is 66.2 Å². The van der Waals surface area contributed by atoms with E-state index >= 15 is 0 Å². The number of anilines is 6. The van der Waals surface area contributed by atoms with E-state index in [2.05, 4.69) is 180 Å². The van der Waals surface area contributed by atoms with Gasteiger partial charge in [-0.2, -0.15) is 10.0 Å². The number of fused-ring (bicyclic) bond motifs is 11. The van der Waals surface area contributed by atoms with E-state index in [1.807, 2.05) is 24.3 Å². The average Bonchev–Trinajstić information content (AvgIpc) is 4.01. The molecule has 0 bridgehead atoms. The van der Waals surface area contributed by atoms with Crippen LogP contribution in [0.5, 0.6) is 0 Å². The van der Waals surface area contributed by atoms with E-state index < -0.39 is 10.0 Å². The second-order valence-corrected chi connectivity index (χ2v) is 18.8. The van der Waals surface area contributed by atoms with Gasteiger partial charge in [-0.05, 0) is 104 Å². The highest BCUT2D eigenvalue weighted by atomic mass is 32.3. The molecule has 4 heterocycles. The Morgan fingerprint density at radius 3 is 1.47 bits per heavy atom. The van der Waals surface area contributed by atoms with E-state index in [4.69, 9.17) is 13.3 Å². The Bertz CT molecular complexity index is 3400. The van der Waals surface area contributed by atoms with E-state index in [0.29, 0.717) is 0 Å². The summed E-state index contributed by atoms with van der Waals surface area (Å²) in [6.45, 7) is 0. The summed E-state index contributed by atoms with van der Waals surface area (Å²) < 4.78 is 19.8. The van der Waals surface area contributed by atoms with E-state index in [9.17, 15) is 0 Å². The van der Waals surface area contributed by atoms with Crippen LogP contribution in [0, 0.1) is 0 Å². The minimum atomic E-state index is -1.41. The number of hydrogen-bond donors (Lipinski definition) is 0. The average molecular weight is 769 g/mol. The number of benzene rings is 8. The molecule has 3 aromatic heterocycles. The van der Waals surface area contributed by atoms with Gasteiger partial charge in [-0.25, -0.2) is 0 Å². The Labute approximate surface area is 336 Å². The molecule has 0 unspecified atom stereocenters. The van der Waals surface area contributed by atoms with Gasteiger partial charge in [0.15, 0.2) is 0 Å². The standard InChI is InChI=1S/C52H36N2O3S/c1-58(2)48-30-28-35(53(33-15-5-3-6-16-33)41-21-13-25-45-49(41)37-19-9-11-23-43(37)55-45)31-40(48)51-52(58)39-29-27-36(32-47(39)57-51)54(34-17-7-4-8-18-34)42-22-14-26-46-50(42)38-20-10-12-24-44(38)56-46/h3-32H,1-2H3. The fraction of sp³-hybridized carbons (Fsp3) is 0.0385. The van der Waals surface area contributed by atoms with Gasteiger partial charge in [0.1, 0.15) is 33.7 Å². The Morgan fingerprint density at radius 2 is 0.879 bits per heavy atom. The van der Waals surface area contributed by atoms with Crippen LogP contribution in [0.1, 0.15) is 0 Å². The second-order valence-electron chi connectivity index (χ2n) is 15.3. The lowest BCUT2D eigenvalue weighted by Crippen LogP contribution is -2.10. The van der Waals surface area contributed by atoms with Crippen molar-refractivity contribution >= 4 is 99.0 Å². The second kappa shape index (κ2) is 12.4. The lowest BCUT2D eigenvalue weighted by Gasteiger charge is -2.30. The van der Waals surface area contributed by atoms with Gasteiger partial charge >= 0.3 is 0 Å². The van der Waals surface area contributed by atoms with Crippen molar-refractivity contribution in [3.63, 3.8) is 0 Å². The van der Waals surface area contributed by atoms with Crippen molar-refractivity contribution in [1.82, 2.24) is 0 Å². The summed E-state index contributed by atoms with van der Waals surface area (Å²) >= 11 is 0. The third-order valence-electron chi connectivity index (χ3n) is 11.7. The molecule has 58 heavy (non-hydrogen) atoms. The van der Waals surface area contributed by atoms with Crippen LogP contribution in [0.15, 0.2) is 205 Å². The summed E-state index contributed by atoms with van der Waals surface area (Å²) in [7, 11) is -1.41. The normalized spacial score (nSPS) is 13.7. The zero-order valence-corrected chi connectivity index (χ0v) is 32.7. The van der Waals surface area contributed by atoms with Gasteiger partial charge in [0.05, 0.1) is 22.1 Å². The minimum Gasteiger partial charge on any atom is -0.456 e. The van der Waals surface area contributed by atoms with Crippen molar-refractivity contribution in [2.24, 2.45) is 0 Å². The fourth-order valence-electron chi connectivity index (χ4n) is 9.17. The Balaban J connectivity index is 1.04. The predicted molar refractivity (Wildman–Crippen MR) is 242 cm³/mol. The molecule has 0 saturated heterocycles. The molecule has 0 fully saturated rings. The number of nitrogens with zero attached hydrogens (tertiary/aromatic N) is 2.